The first-order chi connectivity index (χ1) is 12.5. The molecule has 26 heavy (non-hydrogen) atoms. The van der Waals surface area contributed by atoms with Gasteiger partial charge in [0.05, 0.1) is 22.2 Å². The van der Waals surface area contributed by atoms with Crippen molar-refractivity contribution in [3.05, 3.63) is 75.1 Å². The predicted octanol–water partition coefficient (Wildman–Crippen LogP) is 3.28. The van der Waals surface area contributed by atoms with E-state index in [1.165, 1.54) is 12.5 Å². The van der Waals surface area contributed by atoms with Gasteiger partial charge >= 0.3 is 0 Å². The number of hydrogen-bond acceptors (Lipinski definition) is 5. The van der Waals surface area contributed by atoms with Gasteiger partial charge in [0, 0.05) is 0 Å². The Morgan fingerprint density at radius 3 is 2.92 bits per heavy atom. The van der Waals surface area contributed by atoms with Gasteiger partial charge in [-0.2, -0.15) is 5.10 Å². The number of halogens is 1. The van der Waals surface area contributed by atoms with Crippen molar-refractivity contribution in [2.75, 3.05) is 6.61 Å². The van der Waals surface area contributed by atoms with Crippen LogP contribution in [0.5, 0.6) is 5.75 Å². The molecule has 2 aromatic carbocycles. The average Bonchev–Trinajstić information content (AvgIpc) is 2.63. The van der Waals surface area contributed by atoms with E-state index in [2.05, 4.69) is 10.5 Å². The van der Waals surface area contributed by atoms with E-state index in [-0.39, 0.29) is 17.6 Å². The summed E-state index contributed by atoms with van der Waals surface area (Å²) < 4.78 is 10.7. The molecule has 1 heterocycles. The fraction of sp³-hybridized carbons (Fsp3) is 0.105. The van der Waals surface area contributed by atoms with Crippen LogP contribution in [0.2, 0.25) is 5.02 Å². The van der Waals surface area contributed by atoms with Crippen LogP contribution in [0.25, 0.3) is 11.0 Å². The van der Waals surface area contributed by atoms with Crippen LogP contribution >= 0.6 is 11.6 Å². The van der Waals surface area contributed by atoms with Crippen LogP contribution in [0, 0.1) is 6.92 Å². The fourth-order valence-corrected chi connectivity index (χ4v) is 2.45. The van der Waals surface area contributed by atoms with Gasteiger partial charge in [0.15, 0.2) is 6.61 Å². The molecule has 0 bridgehead atoms. The molecule has 7 heteroatoms. The van der Waals surface area contributed by atoms with Crippen LogP contribution in [-0.4, -0.2) is 18.7 Å². The molecule has 0 spiro atoms. The highest BCUT2D eigenvalue weighted by Crippen LogP contribution is 2.22. The van der Waals surface area contributed by atoms with Crippen LogP contribution in [0.3, 0.4) is 0 Å². The monoisotopic (exact) mass is 370 g/mol. The Bertz CT molecular complexity index is 1040. The SMILES string of the molecule is Cc1ccc2occ(/C=N/NC(=O)COc3ccccc3Cl)c(=O)c2c1. The van der Waals surface area contributed by atoms with Crippen LogP contribution < -0.4 is 15.6 Å². The zero-order valence-corrected chi connectivity index (χ0v) is 14.6. The fourth-order valence-electron chi connectivity index (χ4n) is 2.26. The third kappa shape index (κ3) is 4.10. The Hall–Kier alpha value is -3.12. The molecule has 0 aliphatic rings. The summed E-state index contributed by atoms with van der Waals surface area (Å²) >= 11 is 5.94. The number of nitrogens with one attached hydrogen (secondary N) is 1. The minimum atomic E-state index is -0.484. The lowest BCUT2D eigenvalue weighted by Crippen LogP contribution is -2.25. The zero-order chi connectivity index (χ0) is 18.5. The van der Waals surface area contributed by atoms with Crippen molar-refractivity contribution in [3.63, 3.8) is 0 Å². The molecular formula is C19H15ClN2O4. The van der Waals surface area contributed by atoms with Crippen molar-refractivity contribution in [3.8, 4) is 5.75 Å². The first-order valence-electron chi connectivity index (χ1n) is 7.76. The number of carbonyl (C=O) groups is 1. The maximum absolute atomic E-state index is 12.4. The topological polar surface area (TPSA) is 80.9 Å². The Morgan fingerprint density at radius 2 is 2.12 bits per heavy atom. The minimum Gasteiger partial charge on any atom is -0.482 e. The summed E-state index contributed by atoms with van der Waals surface area (Å²) in [5.74, 6) is -0.0824. The Labute approximate surface area is 154 Å². The molecule has 0 unspecified atom stereocenters. The third-order valence-electron chi connectivity index (χ3n) is 3.54. The summed E-state index contributed by atoms with van der Waals surface area (Å²) in [7, 11) is 0. The number of nitrogens with zero attached hydrogens (tertiary/aromatic N) is 1. The van der Waals surface area contributed by atoms with Gasteiger partial charge < -0.3 is 9.15 Å². The van der Waals surface area contributed by atoms with Gasteiger partial charge in [-0.1, -0.05) is 35.4 Å². The van der Waals surface area contributed by atoms with Crippen molar-refractivity contribution >= 4 is 34.7 Å². The first-order valence-corrected chi connectivity index (χ1v) is 8.14. The number of ether oxygens (including phenoxy) is 1. The van der Waals surface area contributed by atoms with E-state index in [4.69, 9.17) is 20.8 Å². The minimum absolute atomic E-state index is 0.222. The molecule has 3 aromatic rings. The van der Waals surface area contributed by atoms with E-state index in [1.807, 2.05) is 13.0 Å². The Balaban J connectivity index is 1.64. The molecular weight excluding hydrogens is 356 g/mol. The summed E-state index contributed by atoms with van der Waals surface area (Å²) in [6.45, 7) is 1.63. The molecule has 1 amide bonds. The number of amides is 1. The van der Waals surface area contributed by atoms with Crippen molar-refractivity contribution in [1.29, 1.82) is 0 Å². The van der Waals surface area contributed by atoms with Gasteiger partial charge in [-0.3, -0.25) is 9.59 Å². The van der Waals surface area contributed by atoms with Crippen LogP contribution in [0.15, 0.2) is 63.0 Å². The second-order valence-corrected chi connectivity index (χ2v) is 5.94. The summed E-state index contributed by atoms with van der Waals surface area (Å²) in [5, 5.41) is 4.64. The largest absolute Gasteiger partial charge is 0.482 e. The maximum atomic E-state index is 12.4. The highest BCUT2D eigenvalue weighted by molar-refractivity contribution is 6.32. The van der Waals surface area contributed by atoms with Gasteiger partial charge in [-0.25, -0.2) is 5.43 Å². The van der Waals surface area contributed by atoms with E-state index in [0.29, 0.717) is 21.7 Å². The van der Waals surface area contributed by atoms with Crippen LogP contribution in [-0.2, 0) is 4.79 Å². The molecule has 0 aliphatic heterocycles. The van der Waals surface area contributed by atoms with E-state index in [9.17, 15) is 9.59 Å². The number of aryl methyl sites for hydroxylation is 1. The van der Waals surface area contributed by atoms with Crippen molar-refractivity contribution in [1.82, 2.24) is 5.43 Å². The second-order valence-electron chi connectivity index (χ2n) is 5.53. The normalized spacial score (nSPS) is 11.0. The average molecular weight is 371 g/mol. The van der Waals surface area contributed by atoms with Crippen LogP contribution in [0.4, 0.5) is 0 Å². The predicted molar refractivity (Wildman–Crippen MR) is 99.9 cm³/mol. The highest BCUT2D eigenvalue weighted by atomic mass is 35.5. The molecule has 0 radical (unpaired) electrons. The number of hydrogen-bond donors (Lipinski definition) is 1. The van der Waals surface area contributed by atoms with Gasteiger partial charge in [-0.15, -0.1) is 0 Å². The Kier molecular flexibility index (Phi) is 5.34. The molecule has 0 saturated heterocycles. The molecule has 3 rings (SSSR count). The molecule has 6 nitrogen and oxygen atoms in total. The lowest BCUT2D eigenvalue weighted by atomic mass is 10.1. The molecule has 1 N–H and O–H groups in total. The van der Waals surface area contributed by atoms with Gasteiger partial charge in [-0.05, 0) is 31.2 Å². The second kappa shape index (κ2) is 7.84. The Morgan fingerprint density at radius 1 is 1.31 bits per heavy atom. The first kappa shape index (κ1) is 17.7. The number of carbonyl (C=O) groups excluding carboxylic acids is 1. The molecule has 1 aromatic heterocycles. The van der Waals surface area contributed by atoms with Gasteiger partial charge in [0.1, 0.15) is 17.6 Å². The van der Waals surface area contributed by atoms with E-state index in [0.717, 1.165) is 5.56 Å². The smallest absolute Gasteiger partial charge is 0.277 e. The summed E-state index contributed by atoms with van der Waals surface area (Å²) in [4.78, 5) is 24.2. The quantitative estimate of drug-likeness (QED) is 0.552. The third-order valence-corrected chi connectivity index (χ3v) is 3.86. The summed E-state index contributed by atoms with van der Waals surface area (Å²) in [6, 6.07) is 12.2. The van der Waals surface area contributed by atoms with E-state index >= 15 is 0 Å². The summed E-state index contributed by atoms with van der Waals surface area (Å²) in [5.41, 5.74) is 3.74. The number of fused-ring (bicyclic) bond motifs is 1. The van der Waals surface area contributed by atoms with E-state index < -0.39 is 5.91 Å². The van der Waals surface area contributed by atoms with Crippen molar-refractivity contribution < 1.29 is 13.9 Å². The van der Waals surface area contributed by atoms with E-state index in [1.54, 1.807) is 36.4 Å². The van der Waals surface area contributed by atoms with Crippen molar-refractivity contribution in [2.45, 2.75) is 6.92 Å². The van der Waals surface area contributed by atoms with Gasteiger partial charge in [0.2, 0.25) is 5.43 Å². The highest BCUT2D eigenvalue weighted by Gasteiger charge is 2.07. The number of benzene rings is 2. The van der Waals surface area contributed by atoms with Crippen LogP contribution in [0.1, 0.15) is 11.1 Å². The summed E-state index contributed by atoms with van der Waals surface area (Å²) in [6.07, 6.45) is 2.54. The molecule has 0 atom stereocenters. The van der Waals surface area contributed by atoms with Crippen molar-refractivity contribution in [2.24, 2.45) is 5.10 Å². The maximum Gasteiger partial charge on any atom is 0.277 e. The lowest BCUT2D eigenvalue weighted by Gasteiger charge is -2.06. The lowest BCUT2D eigenvalue weighted by molar-refractivity contribution is -0.123. The molecule has 132 valence electrons. The molecule has 0 aliphatic carbocycles. The molecule has 0 saturated carbocycles. The molecule has 0 fully saturated rings. The number of hydrazone groups is 1. The standard InChI is InChI=1S/C19H15ClN2O4/c1-12-6-7-16-14(8-12)19(24)13(10-25-16)9-21-22-18(23)11-26-17-5-3-2-4-15(17)20/h2-10H,11H2,1H3,(H,22,23)/b21-9+. The van der Waals surface area contributed by atoms with Gasteiger partial charge in [0.25, 0.3) is 5.91 Å². The number of rotatable bonds is 5. The zero-order valence-electron chi connectivity index (χ0n) is 13.9. The number of para-hydroxylation sites is 1.